The number of anilines is 1. The first-order valence-corrected chi connectivity index (χ1v) is 8.95. The molecule has 0 radical (unpaired) electrons. The molecule has 26 heavy (non-hydrogen) atoms. The SMILES string of the molecule is COC(=O)c1ccc(C)c(NC(=O)c2csc(-c3ccc(Cl)cc3)n2)c1. The van der Waals surface area contributed by atoms with Gasteiger partial charge >= 0.3 is 5.97 Å². The van der Waals surface area contributed by atoms with Crippen molar-refractivity contribution in [1.82, 2.24) is 4.98 Å². The fraction of sp³-hybridized carbons (Fsp3) is 0.105. The highest BCUT2D eigenvalue weighted by atomic mass is 35.5. The largest absolute Gasteiger partial charge is 0.465 e. The Hall–Kier alpha value is -2.70. The van der Waals surface area contributed by atoms with Gasteiger partial charge in [0.2, 0.25) is 0 Å². The average molecular weight is 387 g/mol. The van der Waals surface area contributed by atoms with E-state index in [-0.39, 0.29) is 5.91 Å². The quantitative estimate of drug-likeness (QED) is 0.653. The fourth-order valence-corrected chi connectivity index (χ4v) is 3.22. The number of carbonyl (C=O) groups is 2. The number of carbonyl (C=O) groups excluding carboxylic acids is 2. The summed E-state index contributed by atoms with van der Waals surface area (Å²) >= 11 is 7.27. The number of aromatic nitrogens is 1. The Morgan fingerprint density at radius 1 is 1.15 bits per heavy atom. The molecule has 0 unspecified atom stereocenters. The highest BCUT2D eigenvalue weighted by Crippen LogP contribution is 2.26. The first kappa shape index (κ1) is 18.1. The molecule has 5 nitrogen and oxygen atoms in total. The van der Waals surface area contributed by atoms with E-state index in [1.54, 1.807) is 35.7 Å². The van der Waals surface area contributed by atoms with Crippen molar-refractivity contribution in [2.24, 2.45) is 0 Å². The van der Waals surface area contributed by atoms with Crippen molar-refractivity contribution in [3.05, 3.63) is 69.7 Å². The molecule has 0 fully saturated rings. The Morgan fingerprint density at radius 3 is 2.58 bits per heavy atom. The maximum atomic E-state index is 12.5. The van der Waals surface area contributed by atoms with Crippen LogP contribution in [0.1, 0.15) is 26.4 Å². The summed E-state index contributed by atoms with van der Waals surface area (Å²) in [4.78, 5) is 28.6. The number of halogens is 1. The zero-order valence-electron chi connectivity index (χ0n) is 14.1. The summed E-state index contributed by atoms with van der Waals surface area (Å²) in [5.74, 6) is -0.800. The molecule has 1 aromatic heterocycles. The second-order valence-electron chi connectivity index (χ2n) is 5.52. The van der Waals surface area contributed by atoms with Gasteiger partial charge in [0.1, 0.15) is 10.7 Å². The van der Waals surface area contributed by atoms with Gasteiger partial charge in [0.25, 0.3) is 5.91 Å². The number of hydrogen-bond donors (Lipinski definition) is 1. The number of amides is 1. The molecule has 0 aliphatic heterocycles. The van der Waals surface area contributed by atoms with Crippen LogP contribution in [0.3, 0.4) is 0 Å². The summed E-state index contributed by atoms with van der Waals surface area (Å²) in [5.41, 5.74) is 2.94. The van der Waals surface area contributed by atoms with Gasteiger partial charge < -0.3 is 10.1 Å². The molecule has 132 valence electrons. The van der Waals surface area contributed by atoms with Crippen LogP contribution in [-0.4, -0.2) is 24.0 Å². The van der Waals surface area contributed by atoms with Gasteiger partial charge in [0.15, 0.2) is 0 Å². The van der Waals surface area contributed by atoms with Crippen LogP contribution >= 0.6 is 22.9 Å². The van der Waals surface area contributed by atoms with Gasteiger partial charge in [-0.3, -0.25) is 4.79 Å². The smallest absolute Gasteiger partial charge is 0.337 e. The van der Waals surface area contributed by atoms with Gasteiger partial charge in [-0.1, -0.05) is 29.8 Å². The molecule has 0 spiro atoms. The number of thiazole rings is 1. The third kappa shape index (κ3) is 3.92. The van der Waals surface area contributed by atoms with E-state index in [0.29, 0.717) is 22.0 Å². The molecule has 1 heterocycles. The maximum absolute atomic E-state index is 12.5. The lowest BCUT2D eigenvalue weighted by atomic mass is 10.1. The molecule has 2 aromatic carbocycles. The molecule has 0 aliphatic carbocycles. The van der Waals surface area contributed by atoms with Gasteiger partial charge in [-0.2, -0.15) is 0 Å². The zero-order chi connectivity index (χ0) is 18.7. The lowest BCUT2D eigenvalue weighted by Crippen LogP contribution is -2.14. The van der Waals surface area contributed by atoms with Crippen molar-refractivity contribution in [1.29, 1.82) is 0 Å². The molecule has 0 atom stereocenters. The van der Waals surface area contributed by atoms with E-state index in [9.17, 15) is 9.59 Å². The molecule has 1 amide bonds. The number of benzene rings is 2. The zero-order valence-corrected chi connectivity index (χ0v) is 15.6. The fourth-order valence-electron chi connectivity index (χ4n) is 2.29. The van der Waals surface area contributed by atoms with Crippen molar-refractivity contribution in [3.8, 4) is 10.6 Å². The number of nitrogens with zero attached hydrogens (tertiary/aromatic N) is 1. The summed E-state index contributed by atoms with van der Waals surface area (Å²) in [7, 11) is 1.31. The van der Waals surface area contributed by atoms with E-state index < -0.39 is 5.97 Å². The first-order chi connectivity index (χ1) is 12.5. The lowest BCUT2D eigenvalue weighted by molar-refractivity contribution is 0.0600. The van der Waals surface area contributed by atoms with Crippen LogP contribution < -0.4 is 5.32 Å². The summed E-state index contributed by atoms with van der Waals surface area (Å²) < 4.78 is 4.71. The molecule has 0 saturated carbocycles. The minimum Gasteiger partial charge on any atom is -0.465 e. The Kier molecular flexibility index (Phi) is 5.35. The van der Waals surface area contributed by atoms with Crippen LogP contribution in [0.15, 0.2) is 47.8 Å². The van der Waals surface area contributed by atoms with Crippen LogP contribution in [0.5, 0.6) is 0 Å². The molecular formula is C19H15ClN2O3S. The molecule has 7 heteroatoms. The molecule has 0 saturated heterocycles. The lowest BCUT2D eigenvalue weighted by Gasteiger charge is -2.09. The van der Waals surface area contributed by atoms with E-state index in [2.05, 4.69) is 10.3 Å². The van der Waals surface area contributed by atoms with E-state index in [4.69, 9.17) is 16.3 Å². The summed E-state index contributed by atoms with van der Waals surface area (Å²) in [6, 6.07) is 12.3. The van der Waals surface area contributed by atoms with Crippen molar-refractivity contribution >= 4 is 40.5 Å². The molecular weight excluding hydrogens is 372 g/mol. The molecule has 1 N–H and O–H groups in total. The number of esters is 1. The second kappa shape index (κ2) is 7.68. The number of ether oxygens (including phenoxy) is 1. The van der Waals surface area contributed by atoms with Crippen molar-refractivity contribution in [3.63, 3.8) is 0 Å². The molecule has 0 bridgehead atoms. The van der Waals surface area contributed by atoms with Gasteiger partial charge in [-0.25, -0.2) is 9.78 Å². The van der Waals surface area contributed by atoms with Crippen LogP contribution in [0, 0.1) is 6.92 Å². The summed E-state index contributed by atoms with van der Waals surface area (Å²) in [6.07, 6.45) is 0. The highest BCUT2D eigenvalue weighted by Gasteiger charge is 2.15. The van der Waals surface area contributed by atoms with Gasteiger partial charge in [0, 0.05) is 21.7 Å². The molecule has 0 aliphatic rings. The van der Waals surface area contributed by atoms with Gasteiger partial charge in [-0.05, 0) is 36.8 Å². The Balaban J connectivity index is 1.81. The molecule has 3 aromatic rings. The third-order valence-electron chi connectivity index (χ3n) is 3.73. The predicted octanol–water partition coefficient (Wildman–Crippen LogP) is 4.81. The van der Waals surface area contributed by atoms with Crippen molar-refractivity contribution < 1.29 is 14.3 Å². The Bertz CT molecular complexity index is 967. The van der Waals surface area contributed by atoms with Crippen LogP contribution in [-0.2, 0) is 4.74 Å². The normalized spacial score (nSPS) is 10.4. The summed E-state index contributed by atoms with van der Waals surface area (Å²) in [5, 5.41) is 5.86. The Morgan fingerprint density at radius 2 is 1.88 bits per heavy atom. The standard InChI is InChI=1S/C19H15ClN2O3S/c1-11-3-4-13(19(24)25-2)9-15(11)21-17(23)16-10-26-18(22-16)12-5-7-14(20)8-6-12/h3-10H,1-2H3,(H,21,23). The van der Waals surface area contributed by atoms with Crippen LogP contribution in [0.4, 0.5) is 5.69 Å². The monoisotopic (exact) mass is 386 g/mol. The Labute approximate surface area is 159 Å². The average Bonchev–Trinajstić information content (AvgIpc) is 3.13. The second-order valence-corrected chi connectivity index (χ2v) is 6.81. The van der Waals surface area contributed by atoms with Gasteiger partial charge in [-0.15, -0.1) is 11.3 Å². The minimum absolute atomic E-state index is 0.308. The van der Waals surface area contributed by atoms with Crippen molar-refractivity contribution in [2.45, 2.75) is 6.92 Å². The van der Waals surface area contributed by atoms with Crippen LogP contribution in [0.25, 0.3) is 10.6 Å². The predicted molar refractivity (Wildman–Crippen MR) is 103 cm³/mol. The van der Waals surface area contributed by atoms with Crippen molar-refractivity contribution in [2.75, 3.05) is 12.4 Å². The number of methoxy groups -OCH3 is 1. The highest BCUT2D eigenvalue weighted by molar-refractivity contribution is 7.13. The minimum atomic E-state index is -0.459. The number of hydrogen-bond acceptors (Lipinski definition) is 5. The maximum Gasteiger partial charge on any atom is 0.337 e. The number of aryl methyl sites for hydroxylation is 1. The number of nitrogens with one attached hydrogen (secondary N) is 1. The van der Waals surface area contributed by atoms with Crippen LogP contribution in [0.2, 0.25) is 5.02 Å². The topological polar surface area (TPSA) is 68.3 Å². The molecule has 3 rings (SSSR count). The van der Waals surface area contributed by atoms with Gasteiger partial charge in [0.05, 0.1) is 12.7 Å². The first-order valence-electron chi connectivity index (χ1n) is 7.69. The van der Waals surface area contributed by atoms with E-state index >= 15 is 0 Å². The van der Waals surface area contributed by atoms with E-state index in [1.807, 2.05) is 19.1 Å². The summed E-state index contributed by atoms with van der Waals surface area (Å²) in [6.45, 7) is 1.84. The van der Waals surface area contributed by atoms with E-state index in [1.165, 1.54) is 18.4 Å². The number of rotatable bonds is 4. The van der Waals surface area contributed by atoms with E-state index in [0.717, 1.165) is 16.1 Å². The third-order valence-corrected chi connectivity index (χ3v) is 4.88.